The zero-order valence-electron chi connectivity index (χ0n) is 8.32. The van der Waals surface area contributed by atoms with Gasteiger partial charge in [0.05, 0.1) is 12.7 Å². The highest BCUT2D eigenvalue weighted by molar-refractivity contribution is 8.20. The molecule has 1 unspecified atom stereocenters. The van der Waals surface area contributed by atoms with Gasteiger partial charge in [0.25, 0.3) is 0 Å². The van der Waals surface area contributed by atoms with Crippen LogP contribution in [0.2, 0.25) is 0 Å². The summed E-state index contributed by atoms with van der Waals surface area (Å²) in [6.45, 7) is 3.66. The summed E-state index contributed by atoms with van der Waals surface area (Å²) in [5, 5.41) is 0. The highest BCUT2D eigenvalue weighted by Gasteiger charge is 2.05. The Morgan fingerprint density at radius 1 is 1.54 bits per heavy atom. The Hall–Kier alpha value is 0.360. The van der Waals surface area contributed by atoms with E-state index in [9.17, 15) is 0 Å². The number of thioether (sulfide) groups is 1. The van der Waals surface area contributed by atoms with Gasteiger partial charge in [0.1, 0.15) is 0 Å². The van der Waals surface area contributed by atoms with Gasteiger partial charge in [-0.2, -0.15) is 0 Å². The molecule has 0 aliphatic rings. The molecule has 0 aromatic rings. The van der Waals surface area contributed by atoms with Gasteiger partial charge in [0.2, 0.25) is 0 Å². The first-order valence-electron chi connectivity index (χ1n) is 4.50. The number of thiocarbonyl (C=S) groups is 1. The summed E-state index contributed by atoms with van der Waals surface area (Å²) < 4.78 is 12.3. The molecular weight excluding hydrogens is 204 g/mol. The van der Waals surface area contributed by atoms with E-state index in [0.717, 1.165) is 18.8 Å². The third-order valence-corrected chi connectivity index (χ3v) is 2.74. The summed E-state index contributed by atoms with van der Waals surface area (Å²) in [5.41, 5.74) is 0. The largest absolute Gasteiger partial charge is 0.379 e. The molecule has 0 aliphatic heterocycles. The van der Waals surface area contributed by atoms with Gasteiger partial charge in [-0.1, -0.05) is 25.6 Å². The van der Waals surface area contributed by atoms with Crippen LogP contribution in [0.1, 0.15) is 19.8 Å². The van der Waals surface area contributed by atoms with Gasteiger partial charge in [0.15, 0.2) is 0 Å². The van der Waals surface area contributed by atoms with E-state index in [0.29, 0.717) is 6.61 Å². The van der Waals surface area contributed by atoms with Crippen molar-refractivity contribution in [2.45, 2.75) is 25.9 Å². The maximum Gasteiger partial charge on any atom is 0.0898 e. The van der Waals surface area contributed by atoms with Crippen molar-refractivity contribution in [3.8, 4) is 0 Å². The average molecular weight is 222 g/mol. The molecule has 0 rings (SSSR count). The Bertz CT molecular complexity index is 120. The quantitative estimate of drug-likeness (QED) is 0.440. The minimum atomic E-state index is 0.168. The van der Waals surface area contributed by atoms with Gasteiger partial charge in [-0.05, 0) is 6.42 Å². The van der Waals surface area contributed by atoms with Crippen LogP contribution in [0.25, 0.3) is 0 Å². The maximum atomic E-state index is 5.44. The van der Waals surface area contributed by atoms with Crippen molar-refractivity contribution < 1.29 is 9.47 Å². The van der Waals surface area contributed by atoms with E-state index in [1.807, 2.05) is 0 Å². The Balaban J connectivity index is 3.30. The van der Waals surface area contributed by atoms with Crippen molar-refractivity contribution in [2.24, 2.45) is 0 Å². The first-order chi connectivity index (χ1) is 6.35. The summed E-state index contributed by atoms with van der Waals surface area (Å²) in [5.74, 6) is 0.881. The van der Waals surface area contributed by atoms with E-state index in [4.69, 9.17) is 21.7 Å². The van der Waals surface area contributed by atoms with E-state index in [1.54, 1.807) is 23.6 Å². The highest BCUT2D eigenvalue weighted by atomic mass is 32.2. The fourth-order valence-corrected chi connectivity index (χ4v) is 1.55. The van der Waals surface area contributed by atoms with E-state index in [2.05, 4.69) is 6.92 Å². The molecule has 0 aromatic heterocycles. The minimum absolute atomic E-state index is 0.168. The predicted molar refractivity (Wildman–Crippen MR) is 62.6 cm³/mol. The molecule has 0 fully saturated rings. The third kappa shape index (κ3) is 8.68. The average Bonchev–Trinajstić information content (AvgIpc) is 2.17. The smallest absolute Gasteiger partial charge is 0.0898 e. The fourth-order valence-electron chi connectivity index (χ4n) is 0.792. The number of rotatable bonds is 9. The second-order valence-electron chi connectivity index (χ2n) is 2.72. The number of unbranched alkanes of at least 4 members (excludes halogenated alkanes) is 1. The molecule has 0 aromatic carbocycles. The van der Waals surface area contributed by atoms with Crippen molar-refractivity contribution in [1.29, 1.82) is 0 Å². The van der Waals surface area contributed by atoms with Gasteiger partial charge in [-0.3, -0.25) is 0 Å². The molecule has 13 heavy (non-hydrogen) atoms. The molecule has 0 aliphatic carbocycles. The second kappa shape index (κ2) is 10.4. The lowest BCUT2D eigenvalue weighted by Crippen LogP contribution is -2.21. The molecule has 0 radical (unpaired) electrons. The van der Waals surface area contributed by atoms with Gasteiger partial charge in [-0.15, -0.1) is 11.8 Å². The Morgan fingerprint density at radius 3 is 2.85 bits per heavy atom. The number of ether oxygens (including phenoxy) is 2. The molecule has 0 heterocycles. The van der Waals surface area contributed by atoms with Crippen LogP contribution in [-0.4, -0.2) is 36.9 Å². The van der Waals surface area contributed by atoms with Gasteiger partial charge in [-0.25, -0.2) is 0 Å². The van der Waals surface area contributed by atoms with Crippen molar-refractivity contribution in [1.82, 2.24) is 0 Å². The number of hydrogen-bond donors (Lipinski definition) is 0. The van der Waals surface area contributed by atoms with Crippen LogP contribution in [0.15, 0.2) is 0 Å². The molecule has 0 N–H and O–H groups in total. The minimum Gasteiger partial charge on any atom is -0.379 e. The van der Waals surface area contributed by atoms with Gasteiger partial charge < -0.3 is 9.47 Å². The normalized spacial score (nSPS) is 12.8. The molecule has 0 amide bonds. The zero-order chi connectivity index (χ0) is 9.94. The summed E-state index contributed by atoms with van der Waals surface area (Å²) in [7, 11) is 1.71. The van der Waals surface area contributed by atoms with Crippen LogP contribution in [0.3, 0.4) is 0 Å². The number of methoxy groups -OCH3 is 1. The molecule has 0 bridgehead atoms. The standard InChI is InChI=1S/C9H18O2S2/c1-3-4-5-11-6-9(10-2)7-13-8-12/h8-9H,3-7H2,1-2H3. The van der Waals surface area contributed by atoms with E-state index in [-0.39, 0.29) is 6.10 Å². The molecular formula is C9H18O2S2. The van der Waals surface area contributed by atoms with Crippen LogP contribution in [0.5, 0.6) is 0 Å². The molecule has 4 heteroatoms. The van der Waals surface area contributed by atoms with E-state index < -0.39 is 0 Å². The Morgan fingerprint density at radius 2 is 2.31 bits per heavy atom. The van der Waals surface area contributed by atoms with Crippen LogP contribution in [0, 0.1) is 0 Å². The van der Waals surface area contributed by atoms with Crippen molar-refractivity contribution in [2.75, 3.05) is 26.1 Å². The second-order valence-corrected chi connectivity index (χ2v) is 4.15. The Labute approximate surface area is 90.4 Å². The van der Waals surface area contributed by atoms with Crippen LogP contribution in [-0.2, 0) is 9.47 Å². The Kier molecular flexibility index (Phi) is 10.7. The van der Waals surface area contributed by atoms with Gasteiger partial charge >= 0.3 is 0 Å². The summed E-state index contributed by atoms with van der Waals surface area (Å²) >= 11 is 6.30. The SMILES string of the molecule is CCCCOCC(CSC=S)OC. The lowest BCUT2D eigenvalue weighted by atomic mass is 10.3. The van der Waals surface area contributed by atoms with Gasteiger partial charge in [0, 0.05) is 24.2 Å². The molecule has 2 nitrogen and oxygen atoms in total. The summed E-state index contributed by atoms with van der Waals surface area (Å²) in [6, 6.07) is 0. The number of hydrogen-bond acceptors (Lipinski definition) is 4. The first kappa shape index (κ1) is 13.4. The van der Waals surface area contributed by atoms with Crippen molar-refractivity contribution in [3.05, 3.63) is 0 Å². The lowest BCUT2D eigenvalue weighted by molar-refractivity contribution is 0.0203. The summed E-state index contributed by atoms with van der Waals surface area (Å²) in [6.07, 6.45) is 2.46. The molecule has 78 valence electrons. The monoisotopic (exact) mass is 222 g/mol. The zero-order valence-corrected chi connectivity index (χ0v) is 9.96. The molecule has 1 atom stereocenters. The van der Waals surface area contributed by atoms with E-state index >= 15 is 0 Å². The van der Waals surface area contributed by atoms with Crippen LogP contribution < -0.4 is 0 Å². The fraction of sp³-hybridized carbons (Fsp3) is 0.889. The first-order valence-corrected chi connectivity index (χ1v) is 6.03. The highest BCUT2D eigenvalue weighted by Crippen LogP contribution is 2.03. The third-order valence-electron chi connectivity index (χ3n) is 1.63. The maximum absolute atomic E-state index is 5.44. The van der Waals surface area contributed by atoms with Crippen LogP contribution in [0.4, 0.5) is 0 Å². The van der Waals surface area contributed by atoms with Crippen molar-refractivity contribution in [3.63, 3.8) is 0 Å². The predicted octanol–water partition coefficient (Wildman–Crippen LogP) is 2.51. The van der Waals surface area contributed by atoms with E-state index in [1.165, 1.54) is 6.42 Å². The molecule has 0 spiro atoms. The molecule has 0 saturated carbocycles. The topological polar surface area (TPSA) is 18.5 Å². The lowest BCUT2D eigenvalue weighted by Gasteiger charge is -2.13. The molecule has 0 saturated heterocycles. The van der Waals surface area contributed by atoms with Crippen molar-refractivity contribution >= 4 is 28.7 Å². The van der Waals surface area contributed by atoms with Crippen LogP contribution >= 0.6 is 24.0 Å². The summed E-state index contributed by atoms with van der Waals surface area (Å²) in [4.78, 5) is 0.